The Hall–Kier alpha value is -2.21. The Balaban J connectivity index is 1.77. The minimum atomic E-state index is -0.781. The number of furan rings is 1. The zero-order valence-corrected chi connectivity index (χ0v) is 13.5. The van der Waals surface area contributed by atoms with Crippen molar-refractivity contribution >= 4 is 29.3 Å². The van der Waals surface area contributed by atoms with Crippen LogP contribution in [0.1, 0.15) is 24.0 Å². The van der Waals surface area contributed by atoms with E-state index in [2.05, 4.69) is 5.32 Å². The molecule has 0 bridgehead atoms. The summed E-state index contributed by atoms with van der Waals surface area (Å²) in [6.07, 6.45) is 4.44. The van der Waals surface area contributed by atoms with Crippen LogP contribution in [0.15, 0.2) is 47.3 Å². The lowest BCUT2D eigenvalue weighted by molar-refractivity contribution is -0.136. The lowest BCUT2D eigenvalue weighted by Gasteiger charge is -2.07. The van der Waals surface area contributed by atoms with E-state index >= 15 is 0 Å². The van der Waals surface area contributed by atoms with Crippen LogP contribution >= 0.6 is 11.8 Å². The van der Waals surface area contributed by atoms with Gasteiger partial charge >= 0.3 is 5.97 Å². The highest BCUT2D eigenvalue weighted by Gasteiger charge is 2.05. The molecule has 1 heterocycles. The standard InChI is InChI=1S/C17H19NO4S/c19-16(5-4-13-6-8-22-11-13)18-15-3-1-2-14(10-15)12-23-9-7-17(20)21/h1-3,6,8,10-11H,4-5,7,9,12H2,(H,18,19)(H,20,21). The number of carbonyl (C=O) groups excluding carboxylic acids is 1. The molecule has 0 aliphatic rings. The molecule has 2 rings (SSSR count). The quantitative estimate of drug-likeness (QED) is 0.686. The molecule has 5 nitrogen and oxygen atoms in total. The number of hydrogen-bond acceptors (Lipinski definition) is 4. The number of carbonyl (C=O) groups is 2. The van der Waals surface area contributed by atoms with Gasteiger partial charge < -0.3 is 14.8 Å². The second-order valence-electron chi connectivity index (χ2n) is 5.08. The summed E-state index contributed by atoms with van der Waals surface area (Å²) in [5.41, 5.74) is 2.83. The number of anilines is 1. The second kappa shape index (κ2) is 9.05. The molecule has 0 saturated heterocycles. The monoisotopic (exact) mass is 333 g/mol. The minimum Gasteiger partial charge on any atom is -0.481 e. The third kappa shape index (κ3) is 6.61. The van der Waals surface area contributed by atoms with Crippen molar-refractivity contribution < 1.29 is 19.1 Å². The molecule has 0 atom stereocenters. The first-order valence-electron chi connectivity index (χ1n) is 7.33. The lowest BCUT2D eigenvalue weighted by atomic mass is 10.2. The maximum atomic E-state index is 11.9. The van der Waals surface area contributed by atoms with E-state index in [1.807, 2.05) is 30.3 Å². The van der Waals surface area contributed by atoms with Gasteiger partial charge in [0.1, 0.15) is 0 Å². The molecule has 2 N–H and O–H groups in total. The van der Waals surface area contributed by atoms with Gasteiger partial charge in [0.25, 0.3) is 0 Å². The molecule has 0 spiro atoms. The molecule has 0 saturated carbocycles. The molecule has 122 valence electrons. The number of thioether (sulfide) groups is 1. The molecule has 1 amide bonds. The number of amides is 1. The van der Waals surface area contributed by atoms with Crippen LogP contribution in [0.2, 0.25) is 0 Å². The third-order valence-electron chi connectivity index (χ3n) is 3.16. The van der Waals surface area contributed by atoms with Crippen molar-refractivity contribution in [2.45, 2.75) is 25.0 Å². The van der Waals surface area contributed by atoms with E-state index in [0.717, 1.165) is 22.6 Å². The molecular weight excluding hydrogens is 314 g/mol. The summed E-state index contributed by atoms with van der Waals surface area (Å²) in [6.45, 7) is 0. The molecular formula is C17H19NO4S. The van der Waals surface area contributed by atoms with Gasteiger partial charge in [-0.25, -0.2) is 0 Å². The van der Waals surface area contributed by atoms with Crippen molar-refractivity contribution in [3.05, 3.63) is 54.0 Å². The summed E-state index contributed by atoms with van der Waals surface area (Å²) in [5, 5.41) is 11.5. The van der Waals surface area contributed by atoms with Crippen LogP contribution in [0.4, 0.5) is 5.69 Å². The summed E-state index contributed by atoms with van der Waals surface area (Å²) < 4.78 is 4.97. The minimum absolute atomic E-state index is 0.0399. The average molecular weight is 333 g/mol. The van der Waals surface area contributed by atoms with E-state index < -0.39 is 5.97 Å². The lowest BCUT2D eigenvalue weighted by Crippen LogP contribution is -2.12. The van der Waals surface area contributed by atoms with Gasteiger partial charge in [0.15, 0.2) is 0 Å². The van der Waals surface area contributed by atoms with Crippen LogP contribution in [0.3, 0.4) is 0 Å². The highest BCUT2D eigenvalue weighted by molar-refractivity contribution is 7.98. The largest absolute Gasteiger partial charge is 0.481 e. The number of aryl methyl sites for hydroxylation is 1. The number of benzene rings is 1. The SMILES string of the molecule is O=C(O)CCSCc1cccc(NC(=O)CCc2ccoc2)c1. The fraction of sp³-hybridized carbons (Fsp3) is 0.294. The second-order valence-corrected chi connectivity index (χ2v) is 6.18. The van der Waals surface area contributed by atoms with E-state index in [1.54, 1.807) is 24.3 Å². The Labute approximate surface area is 139 Å². The summed E-state index contributed by atoms with van der Waals surface area (Å²) in [6, 6.07) is 9.47. The van der Waals surface area contributed by atoms with Crippen LogP contribution in [0.25, 0.3) is 0 Å². The van der Waals surface area contributed by atoms with Crippen LogP contribution in [0.5, 0.6) is 0 Å². The van der Waals surface area contributed by atoms with Crippen molar-refractivity contribution in [1.29, 1.82) is 0 Å². The van der Waals surface area contributed by atoms with Crippen molar-refractivity contribution in [3.8, 4) is 0 Å². The Morgan fingerprint density at radius 2 is 2.04 bits per heavy atom. The number of carboxylic acids is 1. The number of hydrogen-bond donors (Lipinski definition) is 2. The summed E-state index contributed by atoms with van der Waals surface area (Å²) in [4.78, 5) is 22.4. The Kier molecular flexibility index (Phi) is 6.75. The predicted octanol–water partition coefficient (Wildman–Crippen LogP) is 3.56. The average Bonchev–Trinajstić information content (AvgIpc) is 3.03. The van der Waals surface area contributed by atoms with E-state index in [0.29, 0.717) is 18.6 Å². The molecule has 23 heavy (non-hydrogen) atoms. The summed E-state index contributed by atoms with van der Waals surface area (Å²) in [7, 11) is 0. The van der Waals surface area contributed by atoms with Crippen molar-refractivity contribution in [1.82, 2.24) is 0 Å². The number of rotatable bonds is 9. The number of nitrogens with one attached hydrogen (secondary N) is 1. The van der Waals surface area contributed by atoms with E-state index in [1.165, 1.54) is 0 Å². The van der Waals surface area contributed by atoms with Gasteiger partial charge in [-0.15, -0.1) is 0 Å². The van der Waals surface area contributed by atoms with E-state index in [9.17, 15) is 9.59 Å². The first kappa shape index (κ1) is 17.1. The fourth-order valence-electron chi connectivity index (χ4n) is 2.00. The van der Waals surface area contributed by atoms with Crippen LogP contribution < -0.4 is 5.32 Å². The fourth-order valence-corrected chi connectivity index (χ4v) is 2.88. The number of carboxylic acid groups (broad SMARTS) is 1. The molecule has 1 aromatic heterocycles. The zero-order valence-electron chi connectivity index (χ0n) is 12.7. The van der Waals surface area contributed by atoms with Gasteiger partial charge in [-0.2, -0.15) is 11.8 Å². The van der Waals surface area contributed by atoms with Gasteiger partial charge in [-0.1, -0.05) is 12.1 Å². The Bertz CT molecular complexity index is 640. The Morgan fingerprint density at radius 1 is 1.17 bits per heavy atom. The van der Waals surface area contributed by atoms with Gasteiger partial charge in [0, 0.05) is 23.6 Å². The maximum absolute atomic E-state index is 11.9. The van der Waals surface area contributed by atoms with Crippen molar-refractivity contribution in [2.24, 2.45) is 0 Å². The van der Waals surface area contributed by atoms with Crippen LogP contribution in [-0.4, -0.2) is 22.7 Å². The predicted molar refractivity (Wildman–Crippen MR) is 90.5 cm³/mol. The highest BCUT2D eigenvalue weighted by Crippen LogP contribution is 2.17. The highest BCUT2D eigenvalue weighted by atomic mass is 32.2. The molecule has 6 heteroatoms. The first-order valence-corrected chi connectivity index (χ1v) is 8.48. The smallest absolute Gasteiger partial charge is 0.304 e. The molecule has 0 unspecified atom stereocenters. The van der Waals surface area contributed by atoms with Crippen LogP contribution in [-0.2, 0) is 21.8 Å². The molecule has 0 aliphatic carbocycles. The van der Waals surface area contributed by atoms with Crippen molar-refractivity contribution in [2.75, 3.05) is 11.1 Å². The molecule has 2 aromatic rings. The van der Waals surface area contributed by atoms with E-state index in [4.69, 9.17) is 9.52 Å². The maximum Gasteiger partial charge on any atom is 0.304 e. The molecule has 0 fully saturated rings. The number of aliphatic carboxylic acids is 1. The topological polar surface area (TPSA) is 79.5 Å². The Morgan fingerprint density at radius 3 is 2.78 bits per heavy atom. The van der Waals surface area contributed by atoms with E-state index in [-0.39, 0.29) is 12.3 Å². The van der Waals surface area contributed by atoms with Gasteiger partial charge in [-0.3, -0.25) is 9.59 Å². The summed E-state index contributed by atoms with van der Waals surface area (Å²) in [5.74, 6) is 0.487. The van der Waals surface area contributed by atoms with Gasteiger partial charge in [0.2, 0.25) is 5.91 Å². The van der Waals surface area contributed by atoms with Gasteiger partial charge in [0.05, 0.1) is 18.9 Å². The zero-order chi connectivity index (χ0) is 16.5. The molecule has 1 aromatic carbocycles. The van der Waals surface area contributed by atoms with Crippen LogP contribution in [0, 0.1) is 0 Å². The van der Waals surface area contributed by atoms with Gasteiger partial charge in [-0.05, 0) is 35.7 Å². The summed E-state index contributed by atoms with van der Waals surface area (Å²) >= 11 is 1.57. The molecule has 0 aliphatic heterocycles. The first-order chi connectivity index (χ1) is 11.1. The van der Waals surface area contributed by atoms with Crippen molar-refractivity contribution in [3.63, 3.8) is 0 Å². The molecule has 0 radical (unpaired) electrons. The normalized spacial score (nSPS) is 10.4. The third-order valence-corrected chi connectivity index (χ3v) is 4.19.